The van der Waals surface area contributed by atoms with Crippen LogP contribution in [-0.4, -0.2) is 18.9 Å². The molecule has 3 rings (SSSR count). The first-order chi connectivity index (χ1) is 11.3. The highest BCUT2D eigenvalue weighted by Gasteiger charge is 2.15. The van der Waals surface area contributed by atoms with Gasteiger partial charge in [-0.05, 0) is 30.9 Å². The Labute approximate surface area is 139 Å². The topological polar surface area (TPSA) is 24.4 Å². The van der Waals surface area contributed by atoms with E-state index in [1.807, 2.05) is 0 Å². The van der Waals surface area contributed by atoms with Crippen LogP contribution in [0.4, 0.5) is 0 Å². The summed E-state index contributed by atoms with van der Waals surface area (Å²) in [6.07, 6.45) is 4.88. The van der Waals surface area contributed by atoms with Gasteiger partial charge in [-0.2, -0.15) is 0 Å². The summed E-state index contributed by atoms with van der Waals surface area (Å²) in [5.74, 6) is 1.55. The lowest BCUT2D eigenvalue weighted by Gasteiger charge is -2.20. The van der Waals surface area contributed by atoms with Gasteiger partial charge in [0.25, 0.3) is 0 Å². The van der Waals surface area contributed by atoms with Gasteiger partial charge in [-0.1, -0.05) is 66.6 Å². The molecule has 1 aliphatic heterocycles. The number of aliphatic imine (C=N–C) groups is 1. The molecule has 0 saturated heterocycles. The molecule has 23 heavy (non-hydrogen) atoms. The summed E-state index contributed by atoms with van der Waals surface area (Å²) in [6.45, 7) is 4.02. The van der Waals surface area contributed by atoms with E-state index in [4.69, 9.17) is 4.99 Å². The molecule has 1 unspecified atom stereocenters. The first-order valence-electron chi connectivity index (χ1n) is 8.71. The Bertz CT molecular complexity index is 629. The Morgan fingerprint density at radius 3 is 2.43 bits per heavy atom. The average Bonchev–Trinajstić information content (AvgIpc) is 2.86. The number of aryl methyl sites for hydroxylation is 1. The lowest BCUT2D eigenvalue weighted by Crippen LogP contribution is -2.28. The normalized spacial score (nSPS) is 16.3. The molecule has 2 heteroatoms. The second kappa shape index (κ2) is 7.96. The van der Waals surface area contributed by atoms with Crippen LogP contribution in [0, 0.1) is 6.92 Å². The van der Waals surface area contributed by atoms with Gasteiger partial charge in [-0.3, -0.25) is 4.99 Å². The molecule has 1 heterocycles. The minimum atomic E-state index is 0.364. The average molecular weight is 306 g/mol. The fourth-order valence-electron chi connectivity index (χ4n) is 3.15. The zero-order valence-electron chi connectivity index (χ0n) is 14.0. The molecule has 1 atom stereocenters. The summed E-state index contributed by atoms with van der Waals surface area (Å²) in [5, 5.41) is 3.62. The van der Waals surface area contributed by atoms with Crippen LogP contribution >= 0.6 is 0 Å². The Kier molecular flexibility index (Phi) is 5.46. The predicted molar refractivity (Wildman–Crippen MR) is 98.2 cm³/mol. The number of benzene rings is 2. The van der Waals surface area contributed by atoms with Crippen molar-refractivity contribution in [3.05, 3.63) is 71.3 Å². The molecule has 0 fully saturated rings. The van der Waals surface area contributed by atoms with E-state index in [2.05, 4.69) is 66.8 Å². The predicted octanol–water partition coefficient (Wildman–Crippen LogP) is 4.69. The molecule has 2 aromatic rings. The third-order valence-electron chi connectivity index (χ3n) is 4.57. The molecular formula is C21H26N2. The molecular weight excluding hydrogens is 280 g/mol. The number of nitrogens with one attached hydrogen (secondary N) is 1. The van der Waals surface area contributed by atoms with Crippen LogP contribution in [0.3, 0.4) is 0 Å². The molecule has 0 aliphatic carbocycles. The molecule has 1 aliphatic rings. The van der Waals surface area contributed by atoms with Crippen LogP contribution in [0.15, 0.2) is 59.6 Å². The number of nitrogens with zero attached hydrogens (tertiary/aromatic N) is 1. The lowest BCUT2D eigenvalue weighted by molar-refractivity contribution is 0.720. The van der Waals surface area contributed by atoms with Crippen molar-refractivity contribution < 1.29 is 0 Å². The van der Waals surface area contributed by atoms with Crippen molar-refractivity contribution in [2.75, 3.05) is 13.1 Å². The van der Waals surface area contributed by atoms with Crippen molar-refractivity contribution in [2.24, 2.45) is 4.99 Å². The second-order valence-electron chi connectivity index (χ2n) is 6.39. The fourth-order valence-corrected chi connectivity index (χ4v) is 3.15. The molecule has 0 bridgehead atoms. The maximum atomic E-state index is 4.70. The molecule has 0 amide bonds. The van der Waals surface area contributed by atoms with E-state index < -0.39 is 0 Å². The summed E-state index contributed by atoms with van der Waals surface area (Å²) in [6, 6.07) is 19.7. The van der Waals surface area contributed by atoms with Crippen LogP contribution < -0.4 is 5.32 Å². The van der Waals surface area contributed by atoms with E-state index in [9.17, 15) is 0 Å². The Hall–Kier alpha value is -2.09. The molecule has 120 valence electrons. The summed E-state index contributed by atoms with van der Waals surface area (Å²) in [5.41, 5.74) is 4.03. The van der Waals surface area contributed by atoms with E-state index in [1.54, 1.807) is 0 Å². The van der Waals surface area contributed by atoms with Gasteiger partial charge in [-0.15, -0.1) is 0 Å². The highest BCUT2D eigenvalue weighted by molar-refractivity contribution is 5.82. The van der Waals surface area contributed by atoms with Gasteiger partial charge >= 0.3 is 0 Å². The number of hydrogen-bond donors (Lipinski definition) is 1. The summed E-state index contributed by atoms with van der Waals surface area (Å²) >= 11 is 0. The van der Waals surface area contributed by atoms with Crippen LogP contribution in [0.1, 0.15) is 48.3 Å². The van der Waals surface area contributed by atoms with Gasteiger partial charge in [0.15, 0.2) is 0 Å². The molecule has 0 saturated carbocycles. The van der Waals surface area contributed by atoms with Crippen molar-refractivity contribution in [2.45, 2.75) is 38.5 Å². The second-order valence-corrected chi connectivity index (χ2v) is 6.39. The largest absolute Gasteiger partial charge is 0.373 e. The van der Waals surface area contributed by atoms with Gasteiger partial charge in [0.05, 0.1) is 5.84 Å². The zero-order chi connectivity index (χ0) is 15.9. The zero-order valence-corrected chi connectivity index (χ0v) is 14.0. The smallest absolute Gasteiger partial charge is 0.0963 e. The summed E-state index contributed by atoms with van der Waals surface area (Å²) in [4.78, 5) is 4.70. The number of hydrogen-bond acceptors (Lipinski definition) is 2. The summed E-state index contributed by atoms with van der Waals surface area (Å²) in [7, 11) is 0. The Morgan fingerprint density at radius 2 is 1.65 bits per heavy atom. The molecule has 0 radical (unpaired) electrons. The van der Waals surface area contributed by atoms with Crippen LogP contribution in [0.25, 0.3) is 0 Å². The highest BCUT2D eigenvalue weighted by atomic mass is 15.0. The van der Waals surface area contributed by atoms with Crippen LogP contribution in [0.2, 0.25) is 0 Å². The molecule has 0 aromatic heterocycles. The lowest BCUT2D eigenvalue weighted by atomic mass is 9.90. The molecule has 2 aromatic carbocycles. The first-order valence-corrected chi connectivity index (χ1v) is 8.71. The minimum absolute atomic E-state index is 0.364. The third kappa shape index (κ3) is 4.44. The molecule has 0 spiro atoms. The van der Waals surface area contributed by atoms with Crippen molar-refractivity contribution in [1.29, 1.82) is 0 Å². The standard InChI is InChI=1S/C21H26N2/c1-17-11-13-19(14-12-17)20(18-8-4-2-5-9-18)16-23-21-10-6-3-7-15-22-21/h2,4-5,8-9,11-14,20H,3,6-7,10,15-16H2,1H3,(H,22,23). The molecule has 1 N–H and O–H groups in total. The van der Waals surface area contributed by atoms with Gasteiger partial charge in [0.1, 0.15) is 0 Å². The van der Waals surface area contributed by atoms with E-state index in [0.29, 0.717) is 5.92 Å². The van der Waals surface area contributed by atoms with E-state index in [-0.39, 0.29) is 0 Å². The maximum Gasteiger partial charge on any atom is 0.0963 e. The quantitative estimate of drug-likeness (QED) is 0.870. The van der Waals surface area contributed by atoms with Crippen molar-refractivity contribution in [3.63, 3.8) is 0 Å². The van der Waals surface area contributed by atoms with E-state index in [0.717, 1.165) is 19.5 Å². The maximum absolute atomic E-state index is 4.70. The minimum Gasteiger partial charge on any atom is -0.373 e. The van der Waals surface area contributed by atoms with Crippen molar-refractivity contribution in [1.82, 2.24) is 5.32 Å². The van der Waals surface area contributed by atoms with Crippen LogP contribution in [-0.2, 0) is 0 Å². The number of rotatable bonds is 4. The van der Waals surface area contributed by atoms with Gasteiger partial charge < -0.3 is 5.32 Å². The van der Waals surface area contributed by atoms with Crippen molar-refractivity contribution in [3.8, 4) is 0 Å². The fraction of sp³-hybridized carbons (Fsp3) is 0.381. The van der Waals surface area contributed by atoms with Crippen molar-refractivity contribution >= 4 is 5.84 Å². The van der Waals surface area contributed by atoms with E-state index >= 15 is 0 Å². The first kappa shape index (κ1) is 15.8. The van der Waals surface area contributed by atoms with E-state index in [1.165, 1.54) is 41.8 Å². The Morgan fingerprint density at radius 1 is 0.913 bits per heavy atom. The monoisotopic (exact) mass is 306 g/mol. The SMILES string of the molecule is Cc1ccc(C(CNC2=NCCCCC2)c2ccccc2)cc1. The highest BCUT2D eigenvalue weighted by Crippen LogP contribution is 2.24. The van der Waals surface area contributed by atoms with Gasteiger partial charge in [-0.25, -0.2) is 0 Å². The number of amidine groups is 1. The third-order valence-corrected chi connectivity index (χ3v) is 4.57. The van der Waals surface area contributed by atoms with Gasteiger partial charge in [0, 0.05) is 25.4 Å². The summed E-state index contributed by atoms with van der Waals surface area (Å²) < 4.78 is 0. The molecule has 2 nitrogen and oxygen atoms in total. The Balaban J connectivity index is 1.78. The van der Waals surface area contributed by atoms with Gasteiger partial charge in [0.2, 0.25) is 0 Å². The van der Waals surface area contributed by atoms with Crippen LogP contribution in [0.5, 0.6) is 0 Å².